The SMILES string of the molecule is Cn1c(NCCCOCC2CCOC2)c(C#N)c(=O)n(C)c1=O. The second kappa shape index (κ2) is 7.94. The summed E-state index contributed by atoms with van der Waals surface area (Å²) >= 11 is 0. The molecule has 1 aliphatic rings. The van der Waals surface area contributed by atoms with E-state index in [1.54, 1.807) is 0 Å². The first kappa shape index (κ1) is 17.2. The highest BCUT2D eigenvalue weighted by Crippen LogP contribution is 2.12. The van der Waals surface area contributed by atoms with Gasteiger partial charge in [0, 0.05) is 39.8 Å². The minimum absolute atomic E-state index is 0.0568. The molecular weight excluding hydrogens is 300 g/mol. The van der Waals surface area contributed by atoms with Gasteiger partial charge in [-0.2, -0.15) is 5.26 Å². The molecule has 2 heterocycles. The summed E-state index contributed by atoms with van der Waals surface area (Å²) in [6.45, 7) is 3.34. The van der Waals surface area contributed by atoms with E-state index in [0.29, 0.717) is 32.1 Å². The molecule has 1 aromatic rings. The van der Waals surface area contributed by atoms with Crippen molar-refractivity contribution < 1.29 is 9.47 Å². The van der Waals surface area contributed by atoms with Crippen LogP contribution in [0.2, 0.25) is 0 Å². The number of aromatic nitrogens is 2. The molecule has 0 radical (unpaired) electrons. The molecule has 1 aliphatic heterocycles. The van der Waals surface area contributed by atoms with Gasteiger partial charge in [-0.25, -0.2) is 4.79 Å². The molecule has 0 spiro atoms. The summed E-state index contributed by atoms with van der Waals surface area (Å²) in [5.41, 5.74) is -1.11. The van der Waals surface area contributed by atoms with Crippen LogP contribution in [0.1, 0.15) is 18.4 Å². The lowest BCUT2D eigenvalue weighted by molar-refractivity contribution is 0.0897. The number of nitriles is 1. The Labute approximate surface area is 134 Å². The Hall–Kier alpha value is -2.11. The molecule has 126 valence electrons. The average Bonchev–Trinajstić information content (AvgIpc) is 3.06. The third kappa shape index (κ3) is 4.00. The zero-order valence-electron chi connectivity index (χ0n) is 13.5. The molecule has 0 bridgehead atoms. The van der Waals surface area contributed by atoms with Crippen molar-refractivity contribution in [2.75, 3.05) is 38.3 Å². The lowest BCUT2D eigenvalue weighted by Gasteiger charge is -2.14. The molecule has 23 heavy (non-hydrogen) atoms. The number of anilines is 1. The minimum Gasteiger partial charge on any atom is -0.381 e. The zero-order chi connectivity index (χ0) is 16.8. The Balaban J connectivity index is 1.87. The summed E-state index contributed by atoms with van der Waals surface area (Å²) in [7, 11) is 2.89. The highest BCUT2D eigenvalue weighted by Gasteiger charge is 2.16. The largest absolute Gasteiger partial charge is 0.381 e. The molecule has 8 heteroatoms. The van der Waals surface area contributed by atoms with Gasteiger partial charge < -0.3 is 14.8 Å². The summed E-state index contributed by atoms with van der Waals surface area (Å²) < 4.78 is 13.1. The van der Waals surface area contributed by atoms with E-state index in [4.69, 9.17) is 14.7 Å². The van der Waals surface area contributed by atoms with Gasteiger partial charge in [-0.3, -0.25) is 13.9 Å². The number of ether oxygens (including phenoxy) is 2. The molecular formula is C15H22N4O4. The highest BCUT2D eigenvalue weighted by atomic mass is 16.5. The van der Waals surface area contributed by atoms with E-state index in [0.717, 1.165) is 24.2 Å². The zero-order valence-corrected chi connectivity index (χ0v) is 13.5. The summed E-state index contributed by atoms with van der Waals surface area (Å²) in [5.74, 6) is 0.732. The molecule has 1 unspecified atom stereocenters. The van der Waals surface area contributed by atoms with Gasteiger partial charge >= 0.3 is 5.69 Å². The van der Waals surface area contributed by atoms with Crippen LogP contribution >= 0.6 is 0 Å². The Morgan fingerprint density at radius 2 is 2.17 bits per heavy atom. The number of hydrogen-bond acceptors (Lipinski definition) is 6. The van der Waals surface area contributed by atoms with Crippen LogP contribution in [0.4, 0.5) is 5.82 Å². The Bertz CT molecular complexity index is 695. The van der Waals surface area contributed by atoms with E-state index < -0.39 is 11.2 Å². The van der Waals surface area contributed by atoms with Crippen LogP contribution in [0.3, 0.4) is 0 Å². The second-order valence-electron chi connectivity index (χ2n) is 5.63. The van der Waals surface area contributed by atoms with E-state index in [9.17, 15) is 9.59 Å². The van der Waals surface area contributed by atoms with Crippen LogP contribution < -0.4 is 16.6 Å². The summed E-state index contributed by atoms with van der Waals surface area (Å²) in [5, 5.41) is 12.1. The molecule has 8 nitrogen and oxygen atoms in total. The van der Waals surface area contributed by atoms with Crippen molar-refractivity contribution in [3.63, 3.8) is 0 Å². The van der Waals surface area contributed by atoms with E-state index >= 15 is 0 Å². The predicted molar refractivity (Wildman–Crippen MR) is 84.5 cm³/mol. The smallest absolute Gasteiger partial charge is 0.332 e. The van der Waals surface area contributed by atoms with Crippen LogP contribution in [0.5, 0.6) is 0 Å². The van der Waals surface area contributed by atoms with Crippen LogP contribution in [0.15, 0.2) is 9.59 Å². The fraction of sp³-hybridized carbons (Fsp3) is 0.667. The van der Waals surface area contributed by atoms with E-state index in [1.807, 2.05) is 6.07 Å². The molecule has 0 amide bonds. The maximum Gasteiger partial charge on any atom is 0.332 e. The lowest BCUT2D eigenvalue weighted by atomic mass is 10.1. The van der Waals surface area contributed by atoms with Crippen molar-refractivity contribution in [3.05, 3.63) is 26.4 Å². The van der Waals surface area contributed by atoms with E-state index in [1.165, 1.54) is 18.7 Å². The predicted octanol–water partition coefficient (Wildman–Crippen LogP) is -0.189. The molecule has 1 N–H and O–H groups in total. The van der Waals surface area contributed by atoms with Crippen molar-refractivity contribution in [1.29, 1.82) is 5.26 Å². The van der Waals surface area contributed by atoms with E-state index in [-0.39, 0.29) is 11.4 Å². The molecule has 2 rings (SSSR count). The third-order valence-corrected chi connectivity index (χ3v) is 3.91. The molecule has 1 aromatic heterocycles. The highest BCUT2D eigenvalue weighted by molar-refractivity contribution is 5.51. The topological polar surface area (TPSA) is 98.3 Å². The summed E-state index contributed by atoms with van der Waals surface area (Å²) in [4.78, 5) is 23.8. The summed E-state index contributed by atoms with van der Waals surface area (Å²) in [6, 6.07) is 1.86. The third-order valence-electron chi connectivity index (χ3n) is 3.91. The molecule has 1 fully saturated rings. The van der Waals surface area contributed by atoms with Gasteiger partial charge in [0.2, 0.25) is 0 Å². The normalized spacial score (nSPS) is 17.2. The van der Waals surface area contributed by atoms with Gasteiger partial charge in [-0.15, -0.1) is 0 Å². The molecule has 1 saturated heterocycles. The van der Waals surface area contributed by atoms with Gasteiger partial charge in [0.15, 0.2) is 5.56 Å². The Morgan fingerprint density at radius 3 is 2.83 bits per heavy atom. The van der Waals surface area contributed by atoms with E-state index in [2.05, 4.69) is 5.32 Å². The van der Waals surface area contributed by atoms with Crippen LogP contribution in [0, 0.1) is 17.2 Å². The summed E-state index contributed by atoms with van der Waals surface area (Å²) in [6.07, 6.45) is 1.75. The maximum atomic E-state index is 11.9. The van der Waals surface area contributed by atoms with Gasteiger partial charge in [0.1, 0.15) is 11.9 Å². The fourth-order valence-corrected chi connectivity index (χ4v) is 2.50. The Kier molecular flexibility index (Phi) is 5.96. The quantitative estimate of drug-likeness (QED) is 0.699. The first-order chi connectivity index (χ1) is 11.1. The first-order valence-electron chi connectivity index (χ1n) is 7.65. The maximum absolute atomic E-state index is 11.9. The van der Waals surface area contributed by atoms with Crippen LogP contribution in [-0.2, 0) is 23.6 Å². The second-order valence-corrected chi connectivity index (χ2v) is 5.63. The minimum atomic E-state index is -0.587. The van der Waals surface area contributed by atoms with Gasteiger partial charge in [0.05, 0.1) is 13.2 Å². The number of nitrogens with zero attached hydrogens (tertiary/aromatic N) is 3. The van der Waals surface area contributed by atoms with Gasteiger partial charge in [-0.1, -0.05) is 0 Å². The van der Waals surface area contributed by atoms with Gasteiger partial charge in [-0.05, 0) is 12.8 Å². The van der Waals surface area contributed by atoms with Gasteiger partial charge in [0.25, 0.3) is 5.56 Å². The van der Waals surface area contributed by atoms with Crippen molar-refractivity contribution in [2.24, 2.45) is 20.0 Å². The number of nitrogens with one attached hydrogen (secondary N) is 1. The number of hydrogen-bond donors (Lipinski definition) is 1. The first-order valence-corrected chi connectivity index (χ1v) is 7.65. The molecule has 0 aromatic carbocycles. The standard InChI is InChI=1S/C15H22N4O4/c1-18-13(12(8-16)14(20)19(2)15(18)21)17-5-3-6-22-9-11-4-7-23-10-11/h11,17H,3-7,9-10H2,1-2H3. The molecule has 0 saturated carbocycles. The monoisotopic (exact) mass is 322 g/mol. The molecule has 1 atom stereocenters. The number of rotatable bonds is 7. The van der Waals surface area contributed by atoms with Crippen molar-refractivity contribution in [3.8, 4) is 6.07 Å². The average molecular weight is 322 g/mol. The fourth-order valence-electron chi connectivity index (χ4n) is 2.50. The lowest BCUT2D eigenvalue weighted by Crippen LogP contribution is -2.40. The molecule has 0 aliphatic carbocycles. The van der Waals surface area contributed by atoms with Crippen molar-refractivity contribution in [1.82, 2.24) is 9.13 Å². The Morgan fingerprint density at radius 1 is 1.39 bits per heavy atom. The van der Waals surface area contributed by atoms with Crippen LogP contribution in [0.25, 0.3) is 0 Å². The van der Waals surface area contributed by atoms with Crippen molar-refractivity contribution in [2.45, 2.75) is 12.8 Å². The van der Waals surface area contributed by atoms with Crippen molar-refractivity contribution >= 4 is 5.82 Å². The van der Waals surface area contributed by atoms with Crippen LogP contribution in [-0.4, -0.2) is 42.1 Å².